The first-order chi connectivity index (χ1) is 7.79. The molecule has 0 radical (unpaired) electrons. The Morgan fingerprint density at radius 2 is 2.06 bits per heavy atom. The van der Waals surface area contributed by atoms with Crippen LogP contribution in [0.25, 0.3) is 0 Å². The van der Waals surface area contributed by atoms with Crippen molar-refractivity contribution in [2.45, 2.75) is 71.9 Å². The van der Waals surface area contributed by atoms with Crippen LogP contribution in [0, 0.1) is 5.41 Å². The van der Waals surface area contributed by atoms with E-state index in [1.165, 1.54) is 0 Å². The fraction of sp³-hybridized carbons (Fsp3) is 0.929. The van der Waals surface area contributed by atoms with Gasteiger partial charge >= 0.3 is 0 Å². The number of rotatable bonds is 3. The number of nitrogens with two attached hydrogens (primary N) is 1. The van der Waals surface area contributed by atoms with E-state index in [0.717, 1.165) is 32.2 Å². The van der Waals surface area contributed by atoms with Crippen LogP contribution in [0.1, 0.15) is 59.8 Å². The molecule has 1 rings (SSSR count). The standard InChI is InChI=1S/C14H28N2O/c1-11-10-12(15)7-9-16(11)13(17)6-5-8-14(2,3)4/h11-12H,5-10,15H2,1-4H3/t11-,12+/m0/s1. The van der Waals surface area contributed by atoms with Crippen LogP contribution in [0.15, 0.2) is 0 Å². The van der Waals surface area contributed by atoms with Crippen molar-refractivity contribution in [1.82, 2.24) is 4.90 Å². The summed E-state index contributed by atoms with van der Waals surface area (Å²) in [6, 6.07) is 0.601. The molecule has 0 spiro atoms. The quantitative estimate of drug-likeness (QED) is 0.824. The lowest BCUT2D eigenvalue weighted by atomic mass is 9.89. The average Bonchev–Trinajstić information content (AvgIpc) is 2.15. The number of carbonyl (C=O) groups is 1. The largest absolute Gasteiger partial charge is 0.340 e. The number of hydrogen-bond donors (Lipinski definition) is 1. The summed E-state index contributed by atoms with van der Waals surface area (Å²) in [5, 5.41) is 0. The molecule has 2 atom stereocenters. The zero-order valence-electron chi connectivity index (χ0n) is 11.8. The van der Waals surface area contributed by atoms with E-state index in [1.807, 2.05) is 4.90 Å². The predicted molar refractivity (Wildman–Crippen MR) is 71.7 cm³/mol. The first-order valence-corrected chi connectivity index (χ1v) is 6.84. The highest BCUT2D eigenvalue weighted by Gasteiger charge is 2.26. The number of carbonyl (C=O) groups excluding carboxylic acids is 1. The molecule has 1 saturated heterocycles. The topological polar surface area (TPSA) is 46.3 Å². The maximum Gasteiger partial charge on any atom is 0.222 e. The Kier molecular flexibility index (Phi) is 4.99. The summed E-state index contributed by atoms with van der Waals surface area (Å²) in [6.07, 6.45) is 4.70. The maximum atomic E-state index is 12.1. The molecule has 0 aliphatic carbocycles. The third-order valence-electron chi connectivity index (χ3n) is 3.55. The van der Waals surface area contributed by atoms with Gasteiger partial charge in [-0.3, -0.25) is 4.79 Å². The van der Waals surface area contributed by atoms with Gasteiger partial charge in [0, 0.05) is 25.0 Å². The lowest BCUT2D eigenvalue weighted by molar-refractivity contribution is -0.134. The minimum atomic E-state index is 0.281. The van der Waals surface area contributed by atoms with E-state index < -0.39 is 0 Å². The molecule has 3 heteroatoms. The lowest BCUT2D eigenvalue weighted by Gasteiger charge is -2.36. The summed E-state index contributed by atoms with van der Waals surface area (Å²) in [5.41, 5.74) is 6.24. The highest BCUT2D eigenvalue weighted by atomic mass is 16.2. The monoisotopic (exact) mass is 240 g/mol. The van der Waals surface area contributed by atoms with Crippen molar-refractivity contribution >= 4 is 5.91 Å². The smallest absolute Gasteiger partial charge is 0.222 e. The summed E-state index contributed by atoms with van der Waals surface area (Å²) in [4.78, 5) is 14.1. The normalized spacial score (nSPS) is 26.1. The van der Waals surface area contributed by atoms with Crippen LogP contribution < -0.4 is 5.73 Å². The van der Waals surface area contributed by atoms with Gasteiger partial charge in [0.05, 0.1) is 0 Å². The van der Waals surface area contributed by atoms with Crippen LogP contribution in [0.4, 0.5) is 0 Å². The van der Waals surface area contributed by atoms with Crippen molar-refractivity contribution in [3.63, 3.8) is 0 Å². The minimum Gasteiger partial charge on any atom is -0.340 e. The molecule has 1 fully saturated rings. The zero-order valence-corrected chi connectivity index (χ0v) is 11.8. The Balaban J connectivity index is 2.32. The van der Waals surface area contributed by atoms with Crippen molar-refractivity contribution in [1.29, 1.82) is 0 Å². The molecule has 0 bridgehead atoms. The molecule has 2 N–H and O–H groups in total. The number of nitrogens with zero attached hydrogens (tertiary/aromatic N) is 1. The fourth-order valence-electron chi connectivity index (χ4n) is 2.49. The van der Waals surface area contributed by atoms with E-state index in [4.69, 9.17) is 5.73 Å². The lowest BCUT2D eigenvalue weighted by Crippen LogP contribution is -2.48. The van der Waals surface area contributed by atoms with E-state index >= 15 is 0 Å². The average molecular weight is 240 g/mol. The Bertz CT molecular complexity index is 257. The summed E-state index contributed by atoms with van der Waals surface area (Å²) < 4.78 is 0. The van der Waals surface area contributed by atoms with Crippen molar-refractivity contribution in [3.8, 4) is 0 Å². The van der Waals surface area contributed by atoms with E-state index in [2.05, 4.69) is 27.7 Å². The van der Waals surface area contributed by atoms with Crippen LogP contribution in [0.5, 0.6) is 0 Å². The minimum absolute atomic E-state index is 0.281. The van der Waals surface area contributed by atoms with Gasteiger partial charge in [0.1, 0.15) is 0 Å². The molecule has 1 heterocycles. The van der Waals surface area contributed by atoms with E-state index in [-0.39, 0.29) is 6.04 Å². The molecule has 1 aliphatic heterocycles. The second-order valence-electron chi connectivity index (χ2n) is 6.63. The second kappa shape index (κ2) is 5.85. The summed E-state index contributed by atoms with van der Waals surface area (Å²) in [6.45, 7) is 9.62. The van der Waals surface area contributed by atoms with Crippen LogP contribution in [0.3, 0.4) is 0 Å². The van der Waals surface area contributed by atoms with Gasteiger partial charge in [-0.05, 0) is 38.0 Å². The molecule has 17 heavy (non-hydrogen) atoms. The predicted octanol–water partition coefficient (Wildman–Crippen LogP) is 2.54. The van der Waals surface area contributed by atoms with Crippen LogP contribution in [-0.4, -0.2) is 29.4 Å². The van der Waals surface area contributed by atoms with E-state index in [1.54, 1.807) is 0 Å². The Morgan fingerprint density at radius 1 is 1.41 bits per heavy atom. The third kappa shape index (κ3) is 5.07. The van der Waals surface area contributed by atoms with Crippen molar-refractivity contribution in [2.75, 3.05) is 6.54 Å². The zero-order chi connectivity index (χ0) is 13.1. The SMILES string of the molecule is C[C@H]1C[C@H](N)CCN1C(=O)CCCC(C)(C)C. The molecule has 0 aromatic rings. The van der Waals surface area contributed by atoms with Gasteiger partial charge < -0.3 is 10.6 Å². The van der Waals surface area contributed by atoms with Gasteiger partial charge in [0.2, 0.25) is 5.91 Å². The maximum absolute atomic E-state index is 12.1. The Hall–Kier alpha value is -0.570. The van der Waals surface area contributed by atoms with Crippen LogP contribution in [-0.2, 0) is 4.79 Å². The molecule has 0 aromatic heterocycles. The molecule has 100 valence electrons. The number of hydrogen-bond acceptors (Lipinski definition) is 2. The molecule has 0 saturated carbocycles. The van der Waals surface area contributed by atoms with Crippen LogP contribution >= 0.6 is 0 Å². The highest BCUT2D eigenvalue weighted by molar-refractivity contribution is 5.76. The molecule has 1 aliphatic rings. The van der Waals surface area contributed by atoms with Gasteiger partial charge in [-0.2, -0.15) is 0 Å². The molecular formula is C14H28N2O. The van der Waals surface area contributed by atoms with Gasteiger partial charge in [0.25, 0.3) is 0 Å². The number of amides is 1. The Morgan fingerprint density at radius 3 is 2.59 bits per heavy atom. The molecule has 3 nitrogen and oxygen atoms in total. The van der Waals surface area contributed by atoms with Gasteiger partial charge in [0.15, 0.2) is 0 Å². The third-order valence-corrected chi connectivity index (χ3v) is 3.55. The second-order valence-corrected chi connectivity index (χ2v) is 6.63. The highest BCUT2D eigenvalue weighted by Crippen LogP contribution is 2.23. The van der Waals surface area contributed by atoms with Gasteiger partial charge in [-0.25, -0.2) is 0 Å². The van der Waals surface area contributed by atoms with Gasteiger partial charge in [-0.15, -0.1) is 0 Å². The van der Waals surface area contributed by atoms with E-state index in [9.17, 15) is 4.79 Å². The summed E-state index contributed by atoms with van der Waals surface area (Å²) >= 11 is 0. The van der Waals surface area contributed by atoms with Crippen LogP contribution in [0.2, 0.25) is 0 Å². The van der Waals surface area contributed by atoms with Crippen molar-refractivity contribution in [3.05, 3.63) is 0 Å². The first kappa shape index (κ1) is 14.5. The molecular weight excluding hydrogens is 212 g/mol. The van der Waals surface area contributed by atoms with Gasteiger partial charge in [-0.1, -0.05) is 20.8 Å². The summed E-state index contributed by atoms with van der Waals surface area (Å²) in [5.74, 6) is 0.314. The summed E-state index contributed by atoms with van der Waals surface area (Å²) in [7, 11) is 0. The van der Waals surface area contributed by atoms with Crippen molar-refractivity contribution < 1.29 is 4.79 Å². The van der Waals surface area contributed by atoms with Crippen molar-refractivity contribution in [2.24, 2.45) is 11.1 Å². The number of likely N-dealkylation sites (tertiary alicyclic amines) is 1. The number of piperidine rings is 1. The molecule has 0 aromatic carbocycles. The Labute approximate surface area is 106 Å². The van der Waals surface area contributed by atoms with E-state index in [0.29, 0.717) is 23.8 Å². The first-order valence-electron chi connectivity index (χ1n) is 6.84. The molecule has 0 unspecified atom stereocenters. The molecule has 1 amide bonds. The fourth-order valence-corrected chi connectivity index (χ4v) is 2.49.